The fourth-order valence-electron chi connectivity index (χ4n) is 2.56. The van der Waals surface area contributed by atoms with Gasteiger partial charge in [0, 0.05) is 24.4 Å². The van der Waals surface area contributed by atoms with Crippen LogP contribution in [0.3, 0.4) is 0 Å². The molecule has 0 spiro atoms. The molecule has 1 atom stereocenters. The van der Waals surface area contributed by atoms with E-state index in [1.165, 1.54) is 0 Å². The van der Waals surface area contributed by atoms with Gasteiger partial charge < -0.3 is 19.0 Å². The first-order valence-electron chi connectivity index (χ1n) is 7.00. The maximum absolute atomic E-state index is 5.51. The van der Waals surface area contributed by atoms with Crippen molar-refractivity contribution in [3.63, 3.8) is 0 Å². The van der Waals surface area contributed by atoms with Crippen LogP contribution >= 0.6 is 0 Å². The molecule has 108 valence electrons. The Morgan fingerprint density at radius 3 is 3.14 bits per heavy atom. The molecule has 3 aromatic rings. The Labute approximate surface area is 121 Å². The van der Waals surface area contributed by atoms with E-state index in [2.05, 4.69) is 15.5 Å². The van der Waals surface area contributed by atoms with Crippen LogP contribution < -0.4 is 5.32 Å². The van der Waals surface area contributed by atoms with E-state index in [-0.39, 0.29) is 6.04 Å². The van der Waals surface area contributed by atoms with Crippen molar-refractivity contribution in [1.82, 2.24) is 15.5 Å². The Morgan fingerprint density at radius 1 is 1.29 bits per heavy atom. The zero-order valence-electron chi connectivity index (χ0n) is 11.4. The average Bonchev–Trinajstić information content (AvgIpc) is 3.14. The second kappa shape index (κ2) is 5.31. The van der Waals surface area contributed by atoms with Gasteiger partial charge in [0.2, 0.25) is 11.7 Å². The SMILES string of the molecule is c1ccc2c(-c3noc(CC4COCCN4)n3)coc2c1. The minimum absolute atomic E-state index is 0.230. The monoisotopic (exact) mass is 285 g/mol. The van der Waals surface area contributed by atoms with Crippen molar-refractivity contribution in [1.29, 1.82) is 0 Å². The number of furan rings is 1. The lowest BCUT2D eigenvalue weighted by molar-refractivity contribution is 0.0744. The number of fused-ring (bicyclic) bond motifs is 1. The van der Waals surface area contributed by atoms with Crippen molar-refractivity contribution >= 4 is 11.0 Å². The summed E-state index contributed by atoms with van der Waals surface area (Å²) < 4.78 is 16.3. The van der Waals surface area contributed by atoms with Crippen LogP contribution in [0, 0.1) is 0 Å². The highest BCUT2D eigenvalue weighted by Gasteiger charge is 2.19. The molecule has 4 rings (SSSR count). The van der Waals surface area contributed by atoms with Crippen LogP contribution in [0.1, 0.15) is 5.89 Å². The largest absolute Gasteiger partial charge is 0.464 e. The summed E-state index contributed by atoms with van der Waals surface area (Å²) in [6.45, 7) is 2.29. The number of para-hydroxylation sites is 1. The average molecular weight is 285 g/mol. The highest BCUT2D eigenvalue weighted by atomic mass is 16.5. The molecule has 0 radical (unpaired) electrons. The number of aromatic nitrogens is 2. The molecule has 3 heterocycles. The predicted octanol–water partition coefficient (Wildman–Crippen LogP) is 2.01. The highest BCUT2D eigenvalue weighted by Crippen LogP contribution is 2.28. The van der Waals surface area contributed by atoms with Gasteiger partial charge in [0.15, 0.2) is 0 Å². The molecule has 1 N–H and O–H groups in total. The van der Waals surface area contributed by atoms with Crippen LogP contribution in [-0.2, 0) is 11.2 Å². The molecule has 1 unspecified atom stereocenters. The van der Waals surface area contributed by atoms with E-state index in [9.17, 15) is 0 Å². The molecular weight excluding hydrogens is 270 g/mol. The molecule has 21 heavy (non-hydrogen) atoms. The molecule has 6 nitrogen and oxygen atoms in total. The Kier molecular flexibility index (Phi) is 3.17. The van der Waals surface area contributed by atoms with Crippen molar-refractivity contribution < 1.29 is 13.7 Å². The smallest absolute Gasteiger partial charge is 0.228 e. The van der Waals surface area contributed by atoms with Crippen LogP contribution in [0.5, 0.6) is 0 Å². The summed E-state index contributed by atoms with van der Waals surface area (Å²) >= 11 is 0. The zero-order valence-corrected chi connectivity index (χ0v) is 11.4. The summed E-state index contributed by atoms with van der Waals surface area (Å²) in [7, 11) is 0. The molecule has 0 saturated carbocycles. The summed E-state index contributed by atoms with van der Waals surface area (Å²) in [5.74, 6) is 1.17. The number of hydrogen-bond donors (Lipinski definition) is 1. The van der Waals surface area contributed by atoms with E-state index in [0.29, 0.717) is 24.7 Å². The van der Waals surface area contributed by atoms with Gasteiger partial charge in [-0.3, -0.25) is 0 Å². The van der Waals surface area contributed by atoms with Crippen LogP contribution in [0.4, 0.5) is 0 Å². The first kappa shape index (κ1) is 12.6. The molecular formula is C15H15N3O3. The van der Waals surface area contributed by atoms with Crippen LogP contribution in [0.2, 0.25) is 0 Å². The van der Waals surface area contributed by atoms with Crippen LogP contribution in [0.15, 0.2) is 39.5 Å². The lowest BCUT2D eigenvalue weighted by atomic mass is 10.1. The Bertz CT molecular complexity index is 743. The van der Waals surface area contributed by atoms with E-state index in [1.54, 1.807) is 6.26 Å². The van der Waals surface area contributed by atoms with Gasteiger partial charge in [0.05, 0.1) is 18.8 Å². The van der Waals surface area contributed by atoms with Gasteiger partial charge in [-0.1, -0.05) is 23.4 Å². The highest BCUT2D eigenvalue weighted by molar-refractivity contribution is 5.91. The minimum atomic E-state index is 0.230. The number of nitrogens with one attached hydrogen (secondary N) is 1. The minimum Gasteiger partial charge on any atom is -0.464 e. The molecule has 0 amide bonds. The third-order valence-electron chi connectivity index (χ3n) is 3.61. The van der Waals surface area contributed by atoms with E-state index in [1.807, 2.05) is 24.3 Å². The van der Waals surface area contributed by atoms with Gasteiger partial charge in [-0.05, 0) is 6.07 Å². The summed E-state index contributed by atoms with van der Waals surface area (Å²) in [5.41, 5.74) is 1.68. The number of benzene rings is 1. The third-order valence-corrected chi connectivity index (χ3v) is 3.61. The molecule has 0 aliphatic carbocycles. The summed E-state index contributed by atoms with van der Waals surface area (Å²) in [6.07, 6.45) is 2.34. The van der Waals surface area contributed by atoms with Crippen molar-refractivity contribution in [3.8, 4) is 11.4 Å². The van der Waals surface area contributed by atoms with E-state index >= 15 is 0 Å². The summed E-state index contributed by atoms with van der Waals surface area (Å²) in [4.78, 5) is 4.46. The molecule has 6 heteroatoms. The summed E-state index contributed by atoms with van der Waals surface area (Å²) in [6, 6.07) is 8.04. The number of nitrogens with zero attached hydrogens (tertiary/aromatic N) is 2. The van der Waals surface area contributed by atoms with Crippen molar-refractivity contribution in [2.75, 3.05) is 19.8 Å². The molecule has 1 aromatic carbocycles. The Balaban J connectivity index is 1.59. The fraction of sp³-hybridized carbons (Fsp3) is 0.333. The van der Waals surface area contributed by atoms with Gasteiger partial charge in [-0.2, -0.15) is 4.98 Å². The molecule has 0 bridgehead atoms. The quantitative estimate of drug-likeness (QED) is 0.793. The first-order valence-corrected chi connectivity index (χ1v) is 7.00. The fourth-order valence-corrected chi connectivity index (χ4v) is 2.56. The van der Waals surface area contributed by atoms with E-state index in [0.717, 1.165) is 29.7 Å². The molecule has 2 aromatic heterocycles. The van der Waals surface area contributed by atoms with Gasteiger partial charge in [0.25, 0.3) is 0 Å². The number of hydrogen-bond acceptors (Lipinski definition) is 6. The lowest BCUT2D eigenvalue weighted by Gasteiger charge is -2.22. The first-order chi connectivity index (χ1) is 10.4. The second-order valence-corrected chi connectivity index (χ2v) is 5.09. The molecule has 1 aliphatic rings. The maximum atomic E-state index is 5.51. The van der Waals surface area contributed by atoms with Crippen LogP contribution in [-0.4, -0.2) is 35.9 Å². The predicted molar refractivity (Wildman–Crippen MR) is 75.8 cm³/mol. The molecule has 1 saturated heterocycles. The van der Waals surface area contributed by atoms with Gasteiger partial charge in [0.1, 0.15) is 11.8 Å². The van der Waals surface area contributed by atoms with E-state index < -0.39 is 0 Å². The zero-order chi connectivity index (χ0) is 14.1. The molecule has 1 aliphatic heterocycles. The van der Waals surface area contributed by atoms with Gasteiger partial charge >= 0.3 is 0 Å². The van der Waals surface area contributed by atoms with Crippen molar-refractivity contribution in [3.05, 3.63) is 36.4 Å². The number of morpholine rings is 1. The molecule has 1 fully saturated rings. The summed E-state index contributed by atoms with van der Waals surface area (Å²) in [5, 5.41) is 8.42. The Morgan fingerprint density at radius 2 is 2.24 bits per heavy atom. The number of rotatable bonds is 3. The Hall–Kier alpha value is -2.18. The number of ether oxygens (including phenoxy) is 1. The maximum Gasteiger partial charge on any atom is 0.228 e. The normalized spacial score (nSPS) is 19.1. The van der Waals surface area contributed by atoms with Gasteiger partial charge in [-0.25, -0.2) is 0 Å². The van der Waals surface area contributed by atoms with E-state index in [4.69, 9.17) is 13.7 Å². The van der Waals surface area contributed by atoms with Crippen molar-refractivity contribution in [2.45, 2.75) is 12.5 Å². The standard InChI is InChI=1S/C15H15N3O3/c1-2-4-13-11(3-1)12(9-20-13)15-17-14(21-18-15)7-10-8-19-6-5-16-10/h1-4,9-10,16H,5-8H2. The second-order valence-electron chi connectivity index (χ2n) is 5.09. The third kappa shape index (κ3) is 2.43. The van der Waals surface area contributed by atoms with Gasteiger partial charge in [-0.15, -0.1) is 0 Å². The lowest BCUT2D eigenvalue weighted by Crippen LogP contribution is -2.42. The van der Waals surface area contributed by atoms with Crippen LogP contribution in [0.25, 0.3) is 22.4 Å². The van der Waals surface area contributed by atoms with Crippen molar-refractivity contribution in [2.24, 2.45) is 0 Å². The topological polar surface area (TPSA) is 73.3 Å².